The molecule has 0 amide bonds. The average Bonchev–Trinajstić information content (AvgIpc) is 3.52. The number of hydrogen-bond acceptors (Lipinski definition) is 3. The van der Waals surface area contributed by atoms with Crippen molar-refractivity contribution in [1.82, 2.24) is 14.5 Å². The van der Waals surface area contributed by atoms with Gasteiger partial charge in [-0.25, -0.2) is 9.97 Å². The van der Waals surface area contributed by atoms with Crippen LogP contribution < -0.4 is 4.90 Å². The summed E-state index contributed by atoms with van der Waals surface area (Å²) in [4.78, 5) is 13.4. The van der Waals surface area contributed by atoms with Crippen LogP contribution in [0, 0.1) is 0 Å². The van der Waals surface area contributed by atoms with Crippen LogP contribution in [0.1, 0.15) is 0 Å². The predicted octanol–water partition coefficient (Wildman–Crippen LogP) is 12.2. The van der Waals surface area contributed by atoms with Gasteiger partial charge in [-0.1, -0.05) is 121 Å². The van der Waals surface area contributed by atoms with E-state index in [1.165, 1.54) is 38.1 Å². The minimum atomic E-state index is 0.811. The maximum absolute atomic E-state index is 5.52. The number of benzene rings is 8. The second-order valence-corrected chi connectivity index (χ2v) is 13.0. The monoisotopic (exact) mass is 636 g/mol. The lowest BCUT2D eigenvalue weighted by atomic mass is 9.87. The molecular formula is C46H28N4. The van der Waals surface area contributed by atoms with Crippen LogP contribution in [0.2, 0.25) is 0 Å². The summed E-state index contributed by atoms with van der Waals surface area (Å²) in [6.45, 7) is 0. The van der Waals surface area contributed by atoms with Gasteiger partial charge in [0.15, 0.2) is 5.82 Å². The van der Waals surface area contributed by atoms with Crippen molar-refractivity contribution in [2.45, 2.75) is 0 Å². The van der Waals surface area contributed by atoms with Crippen LogP contribution in [-0.4, -0.2) is 14.5 Å². The van der Waals surface area contributed by atoms with Gasteiger partial charge in [-0.15, -0.1) is 0 Å². The largest absolute Gasteiger partial charge is 0.309 e. The van der Waals surface area contributed by atoms with E-state index in [9.17, 15) is 0 Å². The molecule has 0 radical (unpaired) electrons. The van der Waals surface area contributed by atoms with Crippen LogP contribution in [0.3, 0.4) is 0 Å². The molecule has 0 unspecified atom stereocenters. The van der Waals surface area contributed by atoms with E-state index in [0.29, 0.717) is 0 Å². The zero-order chi connectivity index (χ0) is 32.8. The Labute approximate surface area is 288 Å². The predicted molar refractivity (Wildman–Crippen MR) is 208 cm³/mol. The van der Waals surface area contributed by atoms with Gasteiger partial charge >= 0.3 is 0 Å². The highest BCUT2D eigenvalue weighted by molar-refractivity contribution is 6.21. The van der Waals surface area contributed by atoms with E-state index < -0.39 is 0 Å². The van der Waals surface area contributed by atoms with Crippen molar-refractivity contribution in [3.63, 3.8) is 0 Å². The smallest absolute Gasteiger partial charge is 0.165 e. The second kappa shape index (κ2) is 10.4. The van der Waals surface area contributed by atoms with Gasteiger partial charge in [0.1, 0.15) is 5.69 Å². The van der Waals surface area contributed by atoms with E-state index in [4.69, 9.17) is 9.97 Å². The highest BCUT2D eigenvalue weighted by atomic mass is 15.2. The Morgan fingerprint density at radius 3 is 1.94 bits per heavy atom. The van der Waals surface area contributed by atoms with E-state index in [0.717, 1.165) is 61.6 Å². The fourth-order valence-corrected chi connectivity index (χ4v) is 8.20. The summed E-state index contributed by atoms with van der Waals surface area (Å²) in [5, 5.41) is 7.20. The standard InChI is InChI=1S/C46H28N4/c1-2-16-31(17-3-1)49-38-24-9-6-19-33(38)44-35(21-12-26-40(44)49)45-46(48-37-23-8-7-22-36(37)47-45)50-39-25-11-15-30-14-10-20-34(42(30)39)43-32-18-5-4-13-29(32)27-28-41(43)50/h1-28H. The summed E-state index contributed by atoms with van der Waals surface area (Å²) >= 11 is 0. The third kappa shape index (κ3) is 3.76. The van der Waals surface area contributed by atoms with Crippen LogP contribution in [0.25, 0.3) is 82.5 Å². The lowest BCUT2D eigenvalue weighted by Gasteiger charge is -2.34. The highest BCUT2D eigenvalue weighted by Crippen LogP contribution is 2.54. The summed E-state index contributed by atoms with van der Waals surface area (Å²) in [6, 6.07) is 60.5. The first kappa shape index (κ1) is 27.2. The molecule has 1 aliphatic rings. The van der Waals surface area contributed by atoms with Crippen LogP contribution >= 0.6 is 0 Å². The third-order valence-electron chi connectivity index (χ3n) is 10.3. The number of rotatable bonds is 3. The Bertz CT molecular complexity index is 2990. The second-order valence-electron chi connectivity index (χ2n) is 13.0. The number of hydrogen-bond donors (Lipinski definition) is 0. The molecule has 0 atom stereocenters. The van der Waals surface area contributed by atoms with Gasteiger partial charge in [-0.2, -0.15) is 0 Å². The molecule has 0 spiro atoms. The minimum absolute atomic E-state index is 0.811. The van der Waals surface area contributed by atoms with Crippen molar-refractivity contribution in [2.24, 2.45) is 0 Å². The molecule has 1 aliphatic heterocycles. The molecule has 0 saturated carbocycles. The van der Waals surface area contributed by atoms with Crippen LogP contribution in [-0.2, 0) is 0 Å². The van der Waals surface area contributed by atoms with Crippen LogP contribution in [0.4, 0.5) is 17.2 Å². The Kier molecular flexibility index (Phi) is 5.63. The summed E-state index contributed by atoms with van der Waals surface area (Å²) in [7, 11) is 0. The average molecular weight is 637 g/mol. The Morgan fingerprint density at radius 1 is 0.400 bits per heavy atom. The van der Waals surface area contributed by atoms with Gasteiger partial charge in [-0.05, 0) is 70.3 Å². The lowest BCUT2D eigenvalue weighted by molar-refractivity contribution is 1.17. The topological polar surface area (TPSA) is 34.0 Å². The maximum Gasteiger partial charge on any atom is 0.165 e. The van der Waals surface area contributed by atoms with Gasteiger partial charge in [0.2, 0.25) is 0 Å². The molecule has 0 bridgehead atoms. The fourth-order valence-electron chi connectivity index (χ4n) is 8.20. The zero-order valence-electron chi connectivity index (χ0n) is 27.0. The minimum Gasteiger partial charge on any atom is -0.309 e. The Hall–Kier alpha value is -6.78. The molecule has 8 aromatic carbocycles. The van der Waals surface area contributed by atoms with Gasteiger partial charge in [-0.3, -0.25) is 4.90 Å². The Morgan fingerprint density at radius 2 is 1.06 bits per heavy atom. The normalized spacial score (nSPS) is 12.4. The first-order valence-corrected chi connectivity index (χ1v) is 17.0. The number of fused-ring (bicyclic) bond motifs is 8. The highest BCUT2D eigenvalue weighted by Gasteiger charge is 2.31. The lowest BCUT2D eigenvalue weighted by Crippen LogP contribution is -2.18. The molecule has 2 aromatic heterocycles. The van der Waals surface area contributed by atoms with Crippen molar-refractivity contribution in [3.05, 3.63) is 170 Å². The van der Waals surface area contributed by atoms with E-state index in [-0.39, 0.29) is 0 Å². The van der Waals surface area contributed by atoms with E-state index in [2.05, 4.69) is 167 Å². The van der Waals surface area contributed by atoms with Gasteiger partial charge in [0, 0.05) is 33.0 Å². The van der Waals surface area contributed by atoms with E-state index in [1.54, 1.807) is 0 Å². The number of aromatic nitrogens is 3. The zero-order valence-corrected chi connectivity index (χ0v) is 27.0. The van der Waals surface area contributed by atoms with Crippen molar-refractivity contribution >= 4 is 71.6 Å². The fraction of sp³-hybridized carbons (Fsp3) is 0. The first-order chi connectivity index (χ1) is 24.8. The molecular weight excluding hydrogens is 609 g/mol. The summed E-state index contributed by atoms with van der Waals surface area (Å²) in [5.41, 5.74) is 11.7. The van der Waals surface area contributed by atoms with Crippen molar-refractivity contribution in [2.75, 3.05) is 4.90 Å². The number of anilines is 3. The summed E-state index contributed by atoms with van der Waals surface area (Å²) in [6.07, 6.45) is 0. The molecule has 3 heterocycles. The SMILES string of the molecule is c1ccc(-n2c3ccccc3c3c(-c4nc5ccccc5nc4N4c5ccc6ccccc6c5-c5cccc6cccc4c56)cccc32)cc1. The molecule has 4 nitrogen and oxygen atoms in total. The van der Waals surface area contributed by atoms with Crippen molar-refractivity contribution in [3.8, 4) is 28.1 Å². The van der Waals surface area contributed by atoms with Gasteiger partial charge in [0.05, 0.1) is 33.4 Å². The molecule has 0 fully saturated rings. The molecule has 0 saturated heterocycles. The number of para-hydroxylation sites is 4. The quantitative estimate of drug-likeness (QED) is 0.193. The summed E-state index contributed by atoms with van der Waals surface area (Å²) in [5.74, 6) is 0.811. The van der Waals surface area contributed by atoms with E-state index >= 15 is 0 Å². The summed E-state index contributed by atoms with van der Waals surface area (Å²) < 4.78 is 2.36. The first-order valence-electron chi connectivity index (χ1n) is 17.0. The molecule has 11 rings (SSSR count). The van der Waals surface area contributed by atoms with Crippen LogP contribution in [0.5, 0.6) is 0 Å². The van der Waals surface area contributed by atoms with Crippen molar-refractivity contribution < 1.29 is 0 Å². The molecule has 10 aromatic rings. The van der Waals surface area contributed by atoms with E-state index in [1.807, 2.05) is 12.1 Å². The molecule has 4 heteroatoms. The molecule has 0 aliphatic carbocycles. The molecule has 50 heavy (non-hydrogen) atoms. The van der Waals surface area contributed by atoms with Crippen LogP contribution in [0.15, 0.2) is 170 Å². The van der Waals surface area contributed by atoms with Gasteiger partial charge in [0.25, 0.3) is 0 Å². The molecule has 0 N–H and O–H groups in total. The maximum atomic E-state index is 5.52. The molecule has 232 valence electrons. The number of nitrogens with zero attached hydrogens (tertiary/aromatic N) is 4. The van der Waals surface area contributed by atoms with Gasteiger partial charge < -0.3 is 4.57 Å². The Balaban J connectivity index is 1.29. The third-order valence-corrected chi connectivity index (χ3v) is 10.3. The van der Waals surface area contributed by atoms with Crippen molar-refractivity contribution in [1.29, 1.82) is 0 Å².